The van der Waals surface area contributed by atoms with Gasteiger partial charge in [0.2, 0.25) is 0 Å². The van der Waals surface area contributed by atoms with Gasteiger partial charge < -0.3 is 4.74 Å². The normalized spacial score (nSPS) is 10.6. The van der Waals surface area contributed by atoms with Crippen LogP contribution in [0.15, 0.2) is 48.5 Å². The second-order valence-electron chi connectivity index (χ2n) is 4.95. The van der Waals surface area contributed by atoms with Crippen LogP contribution in [0.5, 0.6) is 0 Å². The molecule has 0 bridgehead atoms. The molecule has 3 heteroatoms. The number of rotatable bonds is 4. The Balaban J connectivity index is 2.04. The van der Waals surface area contributed by atoms with E-state index >= 15 is 0 Å². The van der Waals surface area contributed by atoms with Gasteiger partial charge in [-0.05, 0) is 29.2 Å². The third kappa shape index (κ3) is 3.44. The van der Waals surface area contributed by atoms with Crippen LogP contribution in [-0.4, -0.2) is 5.97 Å². The van der Waals surface area contributed by atoms with Gasteiger partial charge in [-0.25, -0.2) is 9.18 Å². The number of hydrogen-bond donors (Lipinski definition) is 0. The second kappa shape index (κ2) is 6.33. The average molecular weight is 272 g/mol. The summed E-state index contributed by atoms with van der Waals surface area (Å²) in [6.07, 6.45) is 0. The fourth-order valence-corrected chi connectivity index (χ4v) is 1.93. The van der Waals surface area contributed by atoms with Gasteiger partial charge in [0.15, 0.2) is 0 Å². The number of esters is 1. The van der Waals surface area contributed by atoms with Gasteiger partial charge in [-0.3, -0.25) is 0 Å². The van der Waals surface area contributed by atoms with E-state index in [2.05, 4.69) is 0 Å². The molecule has 0 N–H and O–H groups in total. The molecule has 0 fully saturated rings. The first-order valence-corrected chi connectivity index (χ1v) is 6.58. The second-order valence-corrected chi connectivity index (χ2v) is 4.95. The highest BCUT2D eigenvalue weighted by Crippen LogP contribution is 2.20. The minimum atomic E-state index is -0.511. The molecule has 0 spiro atoms. The highest BCUT2D eigenvalue weighted by Gasteiger charge is 2.12. The van der Waals surface area contributed by atoms with Crippen molar-refractivity contribution in [2.24, 2.45) is 0 Å². The van der Waals surface area contributed by atoms with Crippen molar-refractivity contribution in [3.63, 3.8) is 0 Å². The topological polar surface area (TPSA) is 26.3 Å². The Labute approximate surface area is 118 Å². The zero-order valence-electron chi connectivity index (χ0n) is 11.6. The van der Waals surface area contributed by atoms with Crippen molar-refractivity contribution in [3.8, 4) is 0 Å². The summed E-state index contributed by atoms with van der Waals surface area (Å²) >= 11 is 0. The van der Waals surface area contributed by atoms with Crippen LogP contribution in [0.1, 0.15) is 41.3 Å². The van der Waals surface area contributed by atoms with Gasteiger partial charge in [0.25, 0.3) is 0 Å². The van der Waals surface area contributed by atoms with Gasteiger partial charge >= 0.3 is 5.97 Å². The van der Waals surface area contributed by atoms with Crippen LogP contribution in [0.3, 0.4) is 0 Å². The highest BCUT2D eigenvalue weighted by molar-refractivity contribution is 5.89. The van der Waals surface area contributed by atoms with Crippen LogP contribution in [0.2, 0.25) is 0 Å². The lowest BCUT2D eigenvalue weighted by molar-refractivity contribution is 0.0472. The summed E-state index contributed by atoms with van der Waals surface area (Å²) in [5.41, 5.74) is 1.74. The number of carbonyl (C=O) groups excluding carboxylic acids is 1. The molecule has 0 aliphatic heterocycles. The van der Waals surface area contributed by atoms with E-state index in [1.807, 2.05) is 44.2 Å². The molecule has 0 atom stereocenters. The molecular formula is C17H17FO2. The van der Waals surface area contributed by atoms with E-state index in [-0.39, 0.29) is 23.9 Å². The lowest BCUT2D eigenvalue weighted by atomic mass is 10.0. The number of hydrogen-bond acceptors (Lipinski definition) is 2. The van der Waals surface area contributed by atoms with Crippen molar-refractivity contribution in [2.45, 2.75) is 26.4 Å². The van der Waals surface area contributed by atoms with Crippen LogP contribution in [-0.2, 0) is 11.3 Å². The summed E-state index contributed by atoms with van der Waals surface area (Å²) in [7, 11) is 0. The lowest BCUT2D eigenvalue weighted by Crippen LogP contribution is -2.06. The molecule has 0 aliphatic rings. The largest absolute Gasteiger partial charge is 0.457 e. The van der Waals surface area contributed by atoms with Gasteiger partial charge in [0.1, 0.15) is 12.4 Å². The van der Waals surface area contributed by atoms with E-state index in [0.717, 1.165) is 5.56 Å². The quantitative estimate of drug-likeness (QED) is 0.775. The predicted molar refractivity (Wildman–Crippen MR) is 76.1 cm³/mol. The summed E-state index contributed by atoms with van der Waals surface area (Å²) < 4.78 is 19.0. The predicted octanol–water partition coefficient (Wildman–Crippen LogP) is 4.31. The molecule has 0 saturated heterocycles. The average Bonchev–Trinajstić information content (AvgIpc) is 2.45. The Morgan fingerprint density at radius 2 is 1.85 bits per heavy atom. The smallest absolute Gasteiger partial charge is 0.338 e. The van der Waals surface area contributed by atoms with Gasteiger partial charge in [0.05, 0.1) is 5.56 Å². The van der Waals surface area contributed by atoms with E-state index in [1.165, 1.54) is 6.07 Å². The molecule has 2 nitrogen and oxygen atoms in total. The van der Waals surface area contributed by atoms with Crippen LogP contribution >= 0.6 is 0 Å². The summed E-state index contributed by atoms with van der Waals surface area (Å²) in [5, 5.41) is 0. The molecule has 0 unspecified atom stereocenters. The zero-order valence-corrected chi connectivity index (χ0v) is 11.6. The minimum absolute atomic E-state index is 0.0874. The maximum Gasteiger partial charge on any atom is 0.338 e. The molecular weight excluding hydrogens is 255 g/mol. The first-order chi connectivity index (χ1) is 9.58. The first kappa shape index (κ1) is 14.3. The van der Waals surface area contributed by atoms with Crippen LogP contribution in [0, 0.1) is 5.82 Å². The Morgan fingerprint density at radius 1 is 1.15 bits per heavy atom. The van der Waals surface area contributed by atoms with Crippen molar-refractivity contribution < 1.29 is 13.9 Å². The van der Waals surface area contributed by atoms with Crippen LogP contribution < -0.4 is 0 Å². The van der Waals surface area contributed by atoms with Crippen molar-refractivity contribution >= 4 is 5.97 Å². The number of ether oxygens (including phenoxy) is 1. The Hall–Kier alpha value is -2.16. The highest BCUT2D eigenvalue weighted by atomic mass is 19.1. The SMILES string of the molecule is CC(C)c1ccc(C(=O)OCc2ccccc2)cc1F. The maximum atomic E-state index is 13.8. The number of halogens is 1. The van der Waals surface area contributed by atoms with Crippen molar-refractivity contribution in [1.82, 2.24) is 0 Å². The standard InChI is InChI=1S/C17H17FO2/c1-12(2)15-9-8-14(10-16(15)18)17(19)20-11-13-6-4-3-5-7-13/h3-10,12H,11H2,1-2H3. The van der Waals surface area contributed by atoms with Crippen molar-refractivity contribution in [2.75, 3.05) is 0 Å². The number of benzene rings is 2. The molecule has 2 rings (SSSR count). The van der Waals surface area contributed by atoms with E-state index in [0.29, 0.717) is 5.56 Å². The summed E-state index contributed by atoms with van der Waals surface area (Å²) in [4.78, 5) is 11.9. The Bertz CT molecular complexity index is 591. The van der Waals surface area contributed by atoms with Gasteiger partial charge in [-0.15, -0.1) is 0 Å². The first-order valence-electron chi connectivity index (χ1n) is 6.58. The van der Waals surface area contributed by atoms with Gasteiger partial charge in [0, 0.05) is 0 Å². The third-order valence-electron chi connectivity index (χ3n) is 3.07. The maximum absolute atomic E-state index is 13.8. The molecule has 2 aromatic carbocycles. The molecule has 0 saturated carbocycles. The molecule has 0 radical (unpaired) electrons. The monoisotopic (exact) mass is 272 g/mol. The molecule has 0 aliphatic carbocycles. The summed E-state index contributed by atoms with van der Waals surface area (Å²) in [6, 6.07) is 13.9. The van der Waals surface area contributed by atoms with Gasteiger partial charge in [-0.2, -0.15) is 0 Å². The zero-order chi connectivity index (χ0) is 14.5. The third-order valence-corrected chi connectivity index (χ3v) is 3.07. The van der Waals surface area contributed by atoms with E-state index in [4.69, 9.17) is 4.74 Å². The van der Waals surface area contributed by atoms with Gasteiger partial charge in [-0.1, -0.05) is 50.2 Å². The molecule has 104 valence electrons. The molecule has 2 aromatic rings. The summed E-state index contributed by atoms with van der Waals surface area (Å²) in [6.45, 7) is 4.00. The van der Waals surface area contributed by atoms with E-state index in [1.54, 1.807) is 12.1 Å². The van der Waals surface area contributed by atoms with E-state index in [9.17, 15) is 9.18 Å². The number of carbonyl (C=O) groups is 1. The van der Waals surface area contributed by atoms with E-state index < -0.39 is 5.97 Å². The summed E-state index contributed by atoms with van der Waals surface area (Å²) in [5.74, 6) is -0.790. The molecule has 0 aromatic heterocycles. The molecule has 0 heterocycles. The fourth-order valence-electron chi connectivity index (χ4n) is 1.93. The fraction of sp³-hybridized carbons (Fsp3) is 0.235. The Kier molecular flexibility index (Phi) is 4.51. The lowest BCUT2D eigenvalue weighted by Gasteiger charge is -2.09. The minimum Gasteiger partial charge on any atom is -0.457 e. The van der Waals surface area contributed by atoms with Crippen LogP contribution in [0.4, 0.5) is 4.39 Å². The van der Waals surface area contributed by atoms with Crippen molar-refractivity contribution in [1.29, 1.82) is 0 Å². The molecule has 20 heavy (non-hydrogen) atoms. The molecule has 0 amide bonds. The van der Waals surface area contributed by atoms with Crippen molar-refractivity contribution in [3.05, 3.63) is 71.0 Å². The Morgan fingerprint density at radius 3 is 2.45 bits per heavy atom. The van der Waals surface area contributed by atoms with Crippen LogP contribution in [0.25, 0.3) is 0 Å².